The van der Waals surface area contributed by atoms with Gasteiger partial charge in [-0.2, -0.15) is 0 Å². The monoisotopic (exact) mass is 323 g/mol. The van der Waals surface area contributed by atoms with Crippen molar-refractivity contribution < 1.29 is 28.1 Å². The Bertz CT molecular complexity index is 624. The van der Waals surface area contributed by atoms with Gasteiger partial charge >= 0.3 is 0 Å². The van der Waals surface area contributed by atoms with Gasteiger partial charge in [0.2, 0.25) is 6.79 Å². The minimum atomic E-state index is -0.598. The molecule has 0 aromatic heterocycles. The van der Waals surface area contributed by atoms with E-state index < -0.39 is 17.3 Å². The van der Waals surface area contributed by atoms with E-state index in [1.165, 1.54) is 12.1 Å². The first-order chi connectivity index (χ1) is 11.2. The molecule has 2 saturated heterocycles. The number of hydrogen-bond donors (Lipinski definition) is 0. The van der Waals surface area contributed by atoms with E-state index in [2.05, 4.69) is 0 Å². The quantitative estimate of drug-likeness (QED) is 0.785. The molecule has 7 heteroatoms. The standard InChI is InChI=1S/C16H18FNO5/c17-11-2-3-12-14(22-10-21-12)13(11)15(19)18-5-7-23-16(8-18)4-1-6-20-9-16/h2-3H,1,4-10H2. The van der Waals surface area contributed by atoms with E-state index in [0.717, 1.165) is 12.8 Å². The molecule has 0 bridgehead atoms. The molecule has 3 aliphatic rings. The molecule has 0 aliphatic carbocycles. The molecule has 4 rings (SSSR count). The summed E-state index contributed by atoms with van der Waals surface area (Å²) in [6, 6.07) is 2.71. The highest BCUT2D eigenvalue weighted by atomic mass is 19.1. The smallest absolute Gasteiger partial charge is 0.260 e. The van der Waals surface area contributed by atoms with Crippen molar-refractivity contribution in [2.45, 2.75) is 18.4 Å². The normalized spacial score (nSPS) is 26.6. The van der Waals surface area contributed by atoms with Gasteiger partial charge in [-0.3, -0.25) is 4.79 Å². The maximum atomic E-state index is 14.2. The van der Waals surface area contributed by atoms with E-state index in [1.807, 2.05) is 0 Å². The first-order valence-electron chi connectivity index (χ1n) is 7.78. The molecule has 6 nitrogen and oxygen atoms in total. The number of nitrogens with zero attached hydrogens (tertiary/aromatic N) is 1. The molecule has 3 aliphatic heterocycles. The average molecular weight is 323 g/mol. The van der Waals surface area contributed by atoms with Gasteiger partial charge < -0.3 is 23.8 Å². The van der Waals surface area contributed by atoms with Crippen molar-refractivity contribution >= 4 is 5.91 Å². The molecule has 124 valence electrons. The second kappa shape index (κ2) is 5.65. The number of fused-ring (bicyclic) bond motifs is 1. The third kappa shape index (κ3) is 2.53. The van der Waals surface area contributed by atoms with Crippen LogP contribution in [-0.4, -0.2) is 56.1 Å². The Labute approximate surface area is 133 Å². The van der Waals surface area contributed by atoms with Gasteiger partial charge in [-0.25, -0.2) is 4.39 Å². The minimum absolute atomic E-state index is 0.0000444. The van der Waals surface area contributed by atoms with E-state index in [9.17, 15) is 9.18 Å². The fraction of sp³-hybridized carbons (Fsp3) is 0.562. The Morgan fingerprint density at radius 3 is 3.00 bits per heavy atom. The first-order valence-corrected chi connectivity index (χ1v) is 7.78. The maximum absolute atomic E-state index is 14.2. The molecule has 1 amide bonds. The lowest BCUT2D eigenvalue weighted by molar-refractivity contribution is -0.160. The zero-order chi connectivity index (χ0) is 15.9. The van der Waals surface area contributed by atoms with Crippen LogP contribution in [0.5, 0.6) is 11.5 Å². The summed E-state index contributed by atoms with van der Waals surface area (Å²) >= 11 is 0. The highest BCUT2D eigenvalue weighted by molar-refractivity contribution is 5.98. The summed E-state index contributed by atoms with van der Waals surface area (Å²) in [5.74, 6) is -0.396. The van der Waals surface area contributed by atoms with Crippen molar-refractivity contribution in [3.05, 3.63) is 23.5 Å². The predicted octanol–water partition coefficient (Wildman–Crippen LogP) is 1.58. The fourth-order valence-corrected chi connectivity index (χ4v) is 3.39. The topological polar surface area (TPSA) is 57.2 Å². The number of carbonyl (C=O) groups excluding carboxylic acids is 1. The molecule has 0 saturated carbocycles. The lowest BCUT2D eigenvalue weighted by Crippen LogP contribution is -2.57. The van der Waals surface area contributed by atoms with E-state index in [4.69, 9.17) is 18.9 Å². The zero-order valence-corrected chi connectivity index (χ0v) is 12.7. The Hall–Kier alpha value is -1.86. The zero-order valence-electron chi connectivity index (χ0n) is 12.7. The van der Waals surface area contributed by atoms with Crippen LogP contribution in [0.4, 0.5) is 4.39 Å². The summed E-state index contributed by atoms with van der Waals surface area (Å²) < 4.78 is 36.2. The number of ether oxygens (including phenoxy) is 4. The van der Waals surface area contributed by atoms with Gasteiger partial charge in [-0.15, -0.1) is 0 Å². The van der Waals surface area contributed by atoms with Gasteiger partial charge in [-0.1, -0.05) is 0 Å². The van der Waals surface area contributed by atoms with Crippen molar-refractivity contribution in [3.8, 4) is 11.5 Å². The van der Waals surface area contributed by atoms with E-state index >= 15 is 0 Å². The van der Waals surface area contributed by atoms with Gasteiger partial charge in [0.25, 0.3) is 5.91 Å². The summed E-state index contributed by atoms with van der Waals surface area (Å²) in [5, 5.41) is 0. The van der Waals surface area contributed by atoms with Crippen LogP contribution < -0.4 is 9.47 Å². The summed E-state index contributed by atoms with van der Waals surface area (Å²) in [6.45, 7) is 2.42. The van der Waals surface area contributed by atoms with Gasteiger partial charge in [0, 0.05) is 13.2 Å². The number of halogens is 1. The first kappa shape index (κ1) is 14.7. The molecule has 1 aromatic carbocycles. The van der Waals surface area contributed by atoms with Crippen molar-refractivity contribution in [1.82, 2.24) is 4.90 Å². The van der Waals surface area contributed by atoms with Crippen molar-refractivity contribution in [2.75, 3.05) is 39.7 Å². The molecule has 2 fully saturated rings. The highest BCUT2D eigenvalue weighted by Crippen LogP contribution is 2.38. The average Bonchev–Trinajstić information content (AvgIpc) is 3.03. The van der Waals surface area contributed by atoms with Crippen LogP contribution in [0.15, 0.2) is 12.1 Å². The SMILES string of the molecule is O=C(c1c(F)ccc2c1OCO2)N1CCOC2(CCCOC2)C1. The summed E-state index contributed by atoms with van der Waals surface area (Å²) in [4.78, 5) is 14.5. The van der Waals surface area contributed by atoms with Crippen molar-refractivity contribution in [1.29, 1.82) is 0 Å². The molecular weight excluding hydrogens is 305 g/mol. The molecule has 0 radical (unpaired) electrons. The number of morpholine rings is 1. The van der Waals surface area contributed by atoms with Crippen LogP contribution >= 0.6 is 0 Å². The van der Waals surface area contributed by atoms with Gasteiger partial charge in [0.15, 0.2) is 11.5 Å². The summed E-state index contributed by atoms with van der Waals surface area (Å²) in [5.41, 5.74) is -0.536. The highest BCUT2D eigenvalue weighted by Gasteiger charge is 2.41. The Morgan fingerprint density at radius 1 is 1.26 bits per heavy atom. The van der Waals surface area contributed by atoms with Crippen LogP contribution in [-0.2, 0) is 9.47 Å². The second-order valence-electron chi connectivity index (χ2n) is 6.07. The minimum Gasteiger partial charge on any atom is -0.454 e. The molecule has 0 N–H and O–H groups in total. The molecule has 23 heavy (non-hydrogen) atoms. The molecule has 3 heterocycles. The Kier molecular flexibility index (Phi) is 3.61. The molecule has 1 unspecified atom stereocenters. The maximum Gasteiger partial charge on any atom is 0.260 e. The third-order valence-corrected chi connectivity index (χ3v) is 4.52. The van der Waals surface area contributed by atoms with Crippen LogP contribution in [0.3, 0.4) is 0 Å². The third-order valence-electron chi connectivity index (χ3n) is 4.52. The lowest BCUT2D eigenvalue weighted by Gasteiger charge is -2.44. The molecule has 1 atom stereocenters. The van der Waals surface area contributed by atoms with Crippen molar-refractivity contribution in [2.24, 2.45) is 0 Å². The number of carbonyl (C=O) groups is 1. The Morgan fingerprint density at radius 2 is 2.17 bits per heavy atom. The second-order valence-corrected chi connectivity index (χ2v) is 6.07. The number of hydrogen-bond acceptors (Lipinski definition) is 5. The lowest BCUT2D eigenvalue weighted by atomic mass is 9.94. The number of rotatable bonds is 1. The van der Waals surface area contributed by atoms with Gasteiger partial charge in [0.05, 0.1) is 19.8 Å². The Balaban J connectivity index is 1.61. The largest absolute Gasteiger partial charge is 0.454 e. The molecular formula is C16H18FNO5. The van der Waals surface area contributed by atoms with Crippen molar-refractivity contribution in [3.63, 3.8) is 0 Å². The fourth-order valence-electron chi connectivity index (χ4n) is 3.39. The van der Waals surface area contributed by atoms with E-state index in [-0.39, 0.29) is 18.1 Å². The van der Waals surface area contributed by atoms with Gasteiger partial charge in [0.1, 0.15) is 17.0 Å². The van der Waals surface area contributed by atoms with E-state index in [0.29, 0.717) is 38.7 Å². The van der Waals surface area contributed by atoms with Gasteiger partial charge in [-0.05, 0) is 25.0 Å². The molecule has 1 spiro atoms. The molecule has 1 aromatic rings. The summed E-state index contributed by atoms with van der Waals surface area (Å²) in [6.07, 6.45) is 1.74. The van der Waals surface area contributed by atoms with E-state index in [1.54, 1.807) is 4.90 Å². The van der Waals surface area contributed by atoms with Crippen LogP contribution in [0.1, 0.15) is 23.2 Å². The summed E-state index contributed by atoms with van der Waals surface area (Å²) in [7, 11) is 0. The number of amides is 1. The number of benzene rings is 1. The van der Waals surface area contributed by atoms with Crippen LogP contribution in [0, 0.1) is 5.82 Å². The van der Waals surface area contributed by atoms with Crippen LogP contribution in [0.25, 0.3) is 0 Å². The van der Waals surface area contributed by atoms with Crippen LogP contribution in [0.2, 0.25) is 0 Å². The predicted molar refractivity (Wildman–Crippen MR) is 77.2 cm³/mol.